The molecule has 38 heavy (non-hydrogen) atoms. The minimum Gasteiger partial charge on any atom is -0.480 e. The smallest absolute Gasteiger partial charge is 0.329 e. The van der Waals surface area contributed by atoms with E-state index in [1.165, 1.54) is 0 Å². The Labute approximate surface area is 216 Å². The highest BCUT2D eigenvalue weighted by Crippen LogP contribution is 2.31. The first-order valence-electron chi connectivity index (χ1n) is 11.9. The van der Waals surface area contributed by atoms with E-state index < -0.39 is 124 Å². The Morgan fingerprint density at radius 2 is 1.16 bits per heavy atom. The Bertz CT molecular complexity index is 765. The SMILES string of the molecule is N[C@H]1[C@H](OC2[C@@H](CO)O[C@@H](OC3[C@@H](CO)O[C@@H](O)[C@H](N)[C@H]3OCC(=O)O)[C@H](N)[C@H]2O)O[C@H](CO)[C@@H](O)[C@@H]1O. The van der Waals surface area contributed by atoms with E-state index in [0.29, 0.717) is 0 Å². The first-order valence-corrected chi connectivity index (χ1v) is 11.9. The molecule has 0 aliphatic carbocycles. The van der Waals surface area contributed by atoms with Crippen LogP contribution in [0.4, 0.5) is 0 Å². The van der Waals surface area contributed by atoms with Crippen molar-refractivity contribution < 1.29 is 74.1 Å². The summed E-state index contributed by atoms with van der Waals surface area (Å²) < 4.78 is 33.1. The van der Waals surface area contributed by atoms with Crippen molar-refractivity contribution in [3.63, 3.8) is 0 Å². The lowest BCUT2D eigenvalue weighted by atomic mass is 9.94. The zero-order chi connectivity index (χ0) is 28.3. The fourth-order valence-electron chi connectivity index (χ4n) is 4.54. The van der Waals surface area contributed by atoms with Gasteiger partial charge >= 0.3 is 5.97 Å². The largest absolute Gasteiger partial charge is 0.480 e. The minimum absolute atomic E-state index is 0.676. The van der Waals surface area contributed by atoms with E-state index in [2.05, 4.69) is 0 Å². The van der Waals surface area contributed by atoms with Crippen LogP contribution >= 0.6 is 0 Å². The van der Waals surface area contributed by atoms with Crippen LogP contribution < -0.4 is 17.2 Å². The Kier molecular flexibility index (Phi) is 11.1. The van der Waals surface area contributed by atoms with Gasteiger partial charge in [-0.15, -0.1) is 0 Å². The maximum Gasteiger partial charge on any atom is 0.329 e. The van der Waals surface area contributed by atoms with E-state index in [0.717, 1.165) is 0 Å². The molecule has 0 aromatic heterocycles. The molecule has 18 nitrogen and oxygen atoms in total. The van der Waals surface area contributed by atoms with Crippen LogP contribution in [0.15, 0.2) is 0 Å². The van der Waals surface area contributed by atoms with Crippen molar-refractivity contribution in [2.75, 3.05) is 26.4 Å². The van der Waals surface area contributed by atoms with Crippen LogP contribution in [0.3, 0.4) is 0 Å². The fraction of sp³-hybridized carbons (Fsp3) is 0.950. The molecule has 18 heteroatoms. The second-order valence-corrected chi connectivity index (χ2v) is 9.27. The molecule has 0 radical (unpaired) electrons. The van der Waals surface area contributed by atoms with E-state index in [-0.39, 0.29) is 0 Å². The number of hydrogen-bond donors (Lipinski definition) is 11. The Morgan fingerprint density at radius 3 is 1.71 bits per heavy atom. The number of ether oxygens (including phenoxy) is 6. The second kappa shape index (κ2) is 13.5. The van der Waals surface area contributed by atoms with Gasteiger partial charge in [0.15, 0.2) is 18.9 Å². The number of nitrogens with two attached hydrogens (primary N) is 3. The predicted molar refractivity (Wildman–Crippen MR) is 119 cm³/mol. The number of carboxylic acid groups (broad SMARTS) is 1. The van der Waals surface area contributed by atoms with Crippen LogP contribution in [0, 0.1) is 0 Å². The van der Waals surface area contributed by atoms with Crippen LogP contribution in [-0.2, 0) is 33.2 Å². The summed E-state index contributed by atoms with van der Waals surface area (Å²) in [5, 5.41) is 79.1. The van der Waals surface area contributed by atoms with Gasteiger partial charge in [-0.2, -0.15) is 0 Å². The molecule has 15 atom stereocenters. The van der Waals surface area contributed by atoms with Gasteiger partial charge in [0.2, 0.25) is 0 Å². The van der Waals surface area contributed by atoms with Gasteiger partial charge in [-0.3, -0.25) is 0 Å². The minimum atomic E-state index is -1.63. The molecule has 3 fully saturated rings. The summed E-state index contributed by atoms with van der Waals surface area (Å²) in [5.74, 6) is -1.34. The van der Waals surface area contributed by atoms with Crippen molar-refractivity contribution in [2.45, 2.75) is 91.9 Å². The summed E-state index contributed by atoms with van der Waals surface area (Å²) >= 11 is 0. The van der Waals surface area contributed by atoms with E-state index >= 15 is 0 Å². The number of carboxylic acids is 1. The maximum absolute atomic E-state index is 11.0. The lowest BCUT2D eigenvalue weighted by molar-refractivity contribution is -0.349. The monoisotopic (exact) mass is 559 g/mol. The summed E-state index contributed by atoms with van der Waals surface area (Å²) in [5.41, 5.74) is 17.9. The quantitative estimate of drug-likeness (QED) is 0.118. The zero-order valence-corrected chi connectivity index (χ0v) is 20.2. The Hall–Kier alpha value is -1.17. The van der Waals surface area contributed by atoms with E-state index in [9.17, 15) is 40.5 Å². The molecule has 3 saturated heterocycles. The van der Waals surface area contributed by atoms with Crippen molar-refractivity contribution in [2.24, 2.45) is 17.2 Å². The number of rotatable bonds is 10. The van der Waals surface area contributed by atoms with Crippen molar-refractivity contribution >= 4 is 5.97 Å². The highest BCUT2D eigenvalue weighted by atomic mass is 16.7. The van der Waals surface area contributed by atoms with E-state index in [4.69, 9.17) is 50.7 Å². The number of aliphatic carboxylic acids is 1. The van der Waals surface area contributed by atoms with Crippen LogP contribution in [0.2, 0.25) is 0 Å². The second-order valence-electron chi connectivity index (χ2n) is 9.27. The van der Waals surface area contributed by atoms with Gasteiger partial charge < -0.3 is 86.5 Å². The van der Waals surface area contributed by atoms with Gasteiger partial charge in [0.05, 0.1) is 37.9 Å². The first kappa shape index (κ1) is 31.4. The summed E-state index contributed by atoms with van der Waals surface area (Å²) in [6.07, 6.45) is -17.2. The number of carbonyl (C=O) groups is 1. The van der Waals surface area contributed by atoms with Crippen molar-refractivity contribution in [1.82, 2.24) is 0 Å². The van der Waals surface area contributed by atoms with Crippen molar-refractivity contribution in [3.8, 4) is 0 Å². The summed E-state index contributed by atoms with van der Waals surface area (Å²) in [7, 11) is 0. The molecule has 0 bridgehead atoms. The maximum atomic E-state index is 11.0. The summed E-state index contributed by atoms with van der Waals surface area (Å²) in [4.78, 5) is 11.0. The number of hydrogen-bond acceptors (Lipinski definition) is 17. The molecule has 0 saturated carbocycles. The highest BCUT2D eigenvalue weighted by Gasteiger charge is 2.52. The topological polar surface area (TPSA) is 312 Å². The van der Waals surface area contributed by atoms with Gasteiger partial charge in [0.25, 0.3) is 0 Å². The normalized spacial score (nSPS) is 48.1. The van der Waals surface area contributed by atoms with Gasteiger partial charge in [-0.25, -0.2) is 4.79 Å². The van der Waals surface area contributed by atoms with E-state index in [1.54, 1.807) is 0 Å². The molecule has 3 rings (SSSR count). The van der Waals surface area contributed by atoms with Gasteiger partial charge in [0, 0.05) is 0 Å². The van der Waals surface area contributed by atoms with Crippen LogP contribution in [0.1, 0.15) is 0 Å². The lowest BCUT2D eigenvalue weighted by Crippen LogP contribution is -2.69. The molecule has 14 N–H and O–H groups in total. The molecule has 222 valence electrons. The molecular formula is C20H37N3O15. The summed E-state index contributed by atoms with van der Waals surface area (Å²) in [6.45, 7) is -2.95. The Morgan fingerprint density at radius 1 is 0.658 bits per heavy atom. The third kappa shape index (κ3) is 6.58. The third-order valence-electron chi connectivity index (χ3n) is 6.70. The number of aliphatic hydroxyl groups excluding tert-OH is 7. The van der Waals surface area contributed by atoms with Crippen LogP contribution in [-0.4, -0.2) is 165 Å². The molecular weight excluding hydrogens is 522 g/mol. The van der Waals surface area contributed by atoms with Gasteiger partial charge in [-0.05, 0) is 0 Å². The molecule has 0 amide bonds. The molecule has 3 heterocycles. The van der Waals surface area contributed by atoms with Crippen LogP contribution in [0.25, 0.3) is 0 Å². The lowest BCUT2D eigenvalue weighted by Gasteiger charge is -2.49. The van der Waals surface area contributed by atoms with Crippen molar-refractivity contribution in [1.29, 1.82) is 0 Å². The first-order chi connectivity index (χ1) is 17.9. The van der Waals surface area contributed by atoms with Gasteiger partial charge in [-0.1, -0.05) is 0 Å². The van der Waals surface area contributed by atoms with Crippen LogP contribution in [0.5, 0.6) is 0 Å². The molecule has 0 aromatic carbocycles. The average Bonchev–Trinajstić information content (AvgIpc) is 2.89. The molecule has 0 spiro atoms. The fourth-order valence-corrected chi connectivity index (χ4v) is 4.54. The number of aliphatic hydroxyl groups is 7. The predicted octanol–water partition coefficient (Wildman–Crippen LogP) is -7.56. The standard InChI is InChI=1S/C20H37N3O15/c21-9-13(30)12(29)5(1-24)35-19(9)37-15-6(2-25)36-20(10(22)14(15)31)38-16-7(3-26)34-18(32)11(23)17(16)33-4-8(27)28/h5-7,9-20,24-26,29-32H,1-4,21-23H2,(H,27,28)/t5-,6-,7-,9-,10-,11-,12-,13-,14-,15?,16?,17-,18-,19+,20+/m1/s1. The average molecular weight is 560 g/mol. The molecule has 3 aliphatic rings. The van der Waals surface area contributed by atoms with E-state index in [1.807, 2.05) is 0 Å². The van der Waals surface area contributed by atoms with Crippen molar-refractivity contribution in [3.05, 3.63) is 0 Å². The van der Waals surface area contributed by atoms with Gasteiger partial charge in [0.1, 0.15) is 61.5 Å². The molecule has 2 unspecified atom stereocenters. The highest BCUT2D eigenvalue weighted by molar-refractivity contribution is 5.68. The third-order valence-corrected chi connectivity index (χ3v) is 6.70. The molecule has 3 aliphatic heterocycles. The Balaban J connectivity index is 1.76. The zero-order valence-electron chi connectivity index (χ0n) is 20.2. The molecule has 0 aromatic rings. The summed E-state index contributed by atoms with van der Waals surface area (Å²) in [6, 6.07) is -4.01.